The fourth-order valence-electron chi connectivity index (χ4n) is 0.774. The van der Waals surface area contributed by atoms with Crippen LogP contribution in [0.15, 0.2) is 24.3 Å². The SMILES string of the molecule is O[C@@H](CF)c1ccc(I)cc1. The fourth-order valence-corrected chi connectivity index (χ4v) is 1.13. The highest BCUT2D eigenvalue weighted by atomic mass is 127. The van der Waals surface area contributed by atoms with Gasteiger partial charge in [0.05, 0.1) is 0 Å². The molecule has 0 fully saturated rings. The van der Waals surface area contributed by atoms with E-state index in [4.69, 9.17) is 5.11 Å². The molecule has 3 heteroatoms. The second-order valence-corrected chi connectivity index (χ2v) is 3.47. The van der Waals surface area contributed by atoms with Crippen LogP contribution in [0.5, 0.6) is 0 Å². The molecule has 0 aliphatic rings. The van der Waals surface area contributed by atoms with Crippen LogP contribution in [0.1, 0.15) is 11.7 Å². The fraction of sp³-hybridized carbons (Fsp3) is 0.250. The van der Waals surface area contributed by atoms with Gasteiger partial charge < -0.3 is 5.11 Å². The molecule has 1 rings (SSSR count). The normalized spacial score (nSPS) is 13.0. The lowest BCUT2D eigenvalue weighted by molar-refractivity contribution is 0.142. The van der Waals surface area contributed by atoms with Crippen molar-refractivity contribution < 1.29 is 9.50 Å². The van der Waals surface area contributed by atoms with Crippen LogP contribution in [0.4, 0.5) is 4.39 Å². The Morgan fingerprint density at radius 2 is 1.91 bits per heavy atom. The molecule has 0 aliphatic carbocycles. The minimum absolute atomic E-state index is 0.632. The van der Waals surface area contributed by atoms with Crippen molar-refractivity contribution in [3.63, 3.8) is 0 Å². The molecule has 0 unspecified atom stereocenters. The first-order chi connectivity index (χ1) is 5.24. The Morgan fingerprint density at radius 1 is 1.36 bits per heavy atom. The number of hydrogen-bond donors (Lipinski definition) is 1. The van der Waals surface area contributed by atoms with Gasteiger partial charge in [-0.05, 0) is 40.3 Å². The number of halogens is 2. The van der Waals surface area contributed by atoms with Gasteiger partial charge in [0.25, 0.3) is 0 Å². The van der Waals surface area contributed by atoms with Crippen molar-refractivity contribution in [2.24, 2.45) is 0 Å². The Morgan fingerprint density at radius 3 is 2.36 bits per heavy atom. The maximum Gasteiger partial charge on any atom is 0.119 e. The molecule has 11 heavy (non-hydrogen) atoms. The summed E-state index contributed by atoms with van der Waals surface area (Å²) in [5.41, 5.74) is 0.632. The quantitative estimate of drug-likeness (QED) is 0.814. The van der Waals surface area contributed by atoms with E-state index in [1.165, 1.54) is 0 Å². The van der Waals surface area contributed by atoms with E-state index in [2.05, 4.69) is 22.6 Å². The molecule has 1 atom stereocenters. The summed E-state index contributed by atoms with van der Waals surface area (Å²) >= 11 is 2.16. The average Bonchev–Trinajstić information content (AvgIpc) is 2.05. The predicted octanol–water partition coefficient (Wildman–Crippen LogP) is 2.29. The van der Waals surface area contributed by atoms with Gasteiger partial charge >= 0.3 is 0 Å². The Balaban J connectivity index is 2.81. The smallest absolute Gasteiger partial charge is 0.119 e. The van der Waals surface area contributed by atoms with E-state index >= 15 is 0 Å². The summed E-state index contributed by atoms with van der Waals surface area (Å²) in [6.07, 6.45) is -0.966. The van der Waals surface area contributed by atoms with Gasteiger partial charge in [-0.25, -0.2) is 4.39 Å². The second kappa shape index (κ2) is 4.01. The number of aliphatic hydroxyl groups is 1. The van der Waals surface area contributed by atoms with Crippen molar-refractivity contribution in [3.8, 4) is 0 Å². The summed E-state index contributed by atoms with van der Waals surface area (Å²) in [4.78, 5) is 0. The molecule has 0 aromatic heterocycles. The van der Waals surface area contributed by atoms with E-state index in [-0.39, 0.29) is 0 Å². The molecule has 60 valence electrons. The summed E-state index contributed by atoms with van der Waals surface area (Å²) < 4.78 is 13.0. The Kier molecular flexibility index (Phi) is 3.26. The van der Waals surface area contributed by atoms with Gasteiger partial charge in [-0.3, -0.25) is 0 Å². The molecule has 0 aliphatic heterocycles. The standard InChI is InChI=1S/C8H8FIO/c9-5-8(11)6-1-3-7(10)4-2-6/h1-4,8,11H,5H2/t8-/m0/s1. The summed E-state index contributed by atoms with van der Waals surface area (Å²) in [6.45, 7) is -0.722. The molecular weight excluding hydrogens is 258 g/mol. The largest absolute Gasteiger partial charge is 0.386 e. The van der Waals surface area contributed by atoms with Crippen LogP contribution < -0.4 is 0 Å². The van der Waals surface area contributed by atoms with Crippen LogP contribution in [0.25, 0.3) is 0 Å². The molecule has 0 saturated heterocycles. The topological polar surface area (TPSA) is 20.2 Å². The number of rotatable bonds is 2. The number of aliphatic hydroxyl groups excluding tert-OH is 1. The van der Waals surface area contributed by atoms with Crippen molar-refractivity contribution in [2.75, 3.05) is 6.67 Å². The van der Waals surface area contributed by atoms with Crippen LogP contribution in [-0.4, -0.2) is 11.8 Å². The van der Waals surface area contributed by atoms with Gasteiger partial charge in [-0.15, -0.1) is 0 Å². The van der Waals surface area contributed by atoms with E-state index in [1.807, 2.05) is 12.1 Å². The van der Waals surface area contributed by atoms with Crippen molar-refractivity contribution in [1.82, 2.24) is 0 Å². The zero-order chi connectivity index (χ0) is 8.27. The lowest BCUT2D eigenvalue weighted by atomic mass is 10.1. The zero-order valence-electron chi connectivity index (χ0n) is 5.80. The van der Waals surface area contributed by atoms with Gasteiger partial charge in [0.2, 0.25) is 0 Å². The number of alkyl halides is 1. The van der Waals surface area contributed by atoms with Crippen LogP contribution in [-0.2, 0) is 0 Å². The minimum Gasteiger partial charge on any atom is -0.386 e. The summed E-state index contributed by atoms with van der Waals surface area (Å²) in [5, 5.41) is 9.04. The third-order valence-electron chi connectivity index (χ3n) is 1.40. The summed E-state index contributed by atoms with van der Waals surface area (Å²) in [7, 11) is 0. The molecular formula is C8H8FIO. The monoisotopic (exact) mass is 266 g/mol. The van der Waals surface area contributed by atoms with Gasteiger partial charge in [-0.1, -0.05) is 12.1 Å². The zero-order valence-corrected chi connectivity index (χ0v) is 7.95. The van der Waals surface area contributed by atoms with E-state index in [1.54, 1.807) is 12.1 Å². The molecule has 0 spiro atoms. The van der Waals surface area contributed by atoms with Crippen LogP contribution in [0, 0.1) is 3.57 Å². The molecule has 0 amide bonds. The van der Waals surface area contributed by atoms with Gasteiger partial charge in [-0.2, -0.15) is 0 Å². The lowest BCUT2D eigenvalue weighted by Crippen LogP contribution is -1.98. The van der Waals surface area contributed by atoms with Crippen molar-refractivity contribution in [2.45, 2.75) is 6.10 Å². The first-order valence-corrected chi connectivity index (χ1v) is 4.31. The first-order valence-electron chi connectivity index (χ1n) is 3.23. The Bertz CT molecular complexity index is 222. The minimum atomic E-state index is -0.966. The van der Waals surface area contributed by atoms with E-state index in [0.29, 0.717) is 5.56 Å². The molecule has 1 N–H and O–H groups in total. The third kappa shape index (κ3) is 2.41. The van der Waals surface area contributed by atoms with Gasteiger partial charge in [0, 0.05) is 3.57 Å². The van der Waals surface area contributed by atoms with E-state index in [9.17, 15) is 4.39 Å². The summed E-state index contributed by atoms with van der Waals surface area (Å²) in [5.74, 6) is 0. The molecule has 0 heterocycles. The van der Waals surface area contributed by atoms with Crippen molar-refractivity contribution in [1.29, 1.82) is 0 Å². The molecule has 0 radical (unpaired) electrons. The molecule has 1 aromatic carbocycles. The van der Waals surface area contributed by atoms with Crippen molar-refractivity contribution >= 4 is 22.6 Å². The van der Waals surface area contributed by atoms with Crippen LogP contribution in [0.2, 0.25) is 0 Å². The highest BCUT2D eigenvalue weighted by Crippen LogP contribution is 2.14. The van der Waals surface area contributed by atoms with Gasteiger partial charge in [0.1, 0.15) is 12.8 Å². The predicted molar refractivity (Wildman–Crippen MR) is 50.1 cm³/mol. The van der Waals surface area contributed by atoms with Crippen LogP contribution in [0.3, 0.4) is 0 Å². The second-order valence-electron chi connectivity index (χ2n) is 2.22. The van der Waals surface area contributed by atoms with Crippen molar-refractivity contribution in [3.05, 3.63) is 33.4 Å². The van der Waals surface area contributed by atoms with E-state index in [0.717, 1.165) is 3.57 Å². The maximum atomic E-state index is 11.9. The number of hydrogen-bond acceptors (Lipinski definition) is 1. The number of benzene rings is 1. The highest BCUT2D eigenvalue weighted by Gasteiger charge is 2.04. The van der Waals surface area contributed by atoms with E-state index < -0.39 is 12.8 Å². The third-order valence-corrected chi connectivity index (χ3v) is 2.12. The molecule has 1 nitrogen and oxygen atoms in total. The lowest BCUT2D eigenvalue weighted by Gasteiger charge is -2.04. The average molecular weight is 266 g/mol. The van der Waals surface area contributed by atoms with Crippen LogP contribution >= 0.6 is 22.6 Å². The molecule has 0 saturated carbocycles. The first kappa shape index (κ1) is 8.93. The Hall–Kier alpha value is -0.160. The van der Waals surface area contributed by atoms with Gasteiger partial charge in [0.15, 0.2) is 0 Å². The molecule has 1 aromatic rings. The highest BCUT2D eigenvalue weighted by molar-refractivity contribution is 14.1. The Labute approximate surface area is 78.4 Å². The molecule has 0 bridgehead atoms. The summed E-state index contributed by atoms with van der Waals surface area (Å²) in [6, 6.07) is 7.14. The maximum absolute atomic E-state index is 11.9.